The first-order chi connectivity index (χ1) is 8.47. The summed E-state index contributed by atoms with van der Waals surface area (Å²) in [6.07, 6.45) is 3.85. The first-order valence-corrected chi connectivity index (χ1v) is 7.58. The Kier molecular flexibility index (Phi) is 3.98. The van der Waals surface area contributed by atoms with Crippen LogP contribution in [0.2, 0.25) is 0 Å². The van der Waals surface area contributed by atoms with Gasteiger partial charge < -0.3 is 5.32 Å². The molecule has 1 atom stereocenters. The molecule has 1 aliphatic rings. The predicted octanol–water partition coefficient (Wildman–Crippen LogP) is -0.625. The predicted molar refractivity (Wildman–Crippen MR) is 67.2 cm³/mol. The maximum absolute atomic E-state index is 11.9. The van der Waals surface area contributed by atoms with E-state index in [0.29, 0.717) is 18.4 Å². The summed E-state index contributed by atoms with van der Waals surface area (Å²) >= 11 is 0. The molecule has 18 heavy (non-hydrogen) atoms. The minimum atomic E-state index is -3.32. The summed E-state index contributed by atoms with van der Waals surface area (Å²) in [5.74, 6) is 0.475. The number of aromatic nitrogens is 3. The van der Waals surface area contributed by atoms with Crippen LogP contribution in [0.3, 0.4) is 0 Å². The van der Waals surface area contributed by atoms with Gasteiger partial charge in [0.05, 0.1) is 11.8 Å². The minimum Gasteiger partial charge on any atom is -0.313 e. The van der Waals surface area contributed by atoms with Gasteiger partial charge >= 0.3 is 0 Å². The molecule has 1 unspecified atom stereocenters. The minimum absolute atomic E-state index is 0.136. The van der Waals surface area contributed by atoms with Crippen LogP contribution in [0.5, 0.6) is 0 Å². The van der Waals surface area contributed by atoms with Gasteiger partial charge in [0.15, 0.2) is 5.82 Å². The zero-order valence-corrected chi connectivity index (χ0v) is 11.4. The maximum Gasteiger partial charge on any atom is 0.215 e. The van der Waals surface area contributed by atoms with Crippen molar-refractivity contribution >= 4 is 10.0 Å². The molecule has 0 saturated heterocycles. The standard InChI is InChI=1S/C10H19N5O2S/c1-8(5-11-9-3-4-9)18(16,17)13-6-10-12-7-15(2)14-10/h7-9,11,13H,3-6H2,1-2H3. The Morgan fingerprint density at radius 3 is 2.83 bits per heavy atom. The molecule has 0 aromatic carbocycles. The van der Waals surface area contributed by atoms with Crippen LogP contribution in [0.1, 0.15) is 25.6 Å². The molecule has 0 radical (unpaired) electrons. The largest absolute Gasteiger partial charge is 0.313 e. The van der Waals surface area contributed by atoms with Crippen molar-refractivity contribution in [3.63, 3.8) is 0 Å². The van der Waals surface area contributed by atoms with Crippen LogP contribution >= 0.6 is 0 Å². The molecule has 1 saturated carbocycles. The van der Waals surface area contributed by atoms with E-state index in [0.717, 1.165) is 12.8 Å². The van der Waals surface area contributed by atoms with Crippen molar-refractivity contribution in [3.8, 4) is 0 Å². The topological polar surface area (TPSA) is 88.9 Å². The zero-order valence-electron chi connectivity index (χ0n) is 10.6. The van der Waals surface area contributed by atoms with Crippen molar-refractivity contribution in [2.24, 2.45) is 7.05 Å². The van der Waals surface area contributed by atoms with E-state index in [4.69, 9.17) is 0 Å². The van der Waals surface area contributed by atoms with Crippen molar-refractivity contribution < 1.29 is 8.42 Å². The van der Waals surface area contributed by atoms with Crippen LogP contribution in [-0.4, -0.2) is 41.0 Å². The quantitative estimate of drug-likeness (QED) is 0.691. The summed E-state index contributed by atoms with van der Waals surface area (Å²) in [7, 11) is -1.58. The third-order valence-corrected chi connectivity index (χ3v) is 4.65. The molecule has 102 valence electrons. The molecule has 0 spiro atoms. The Hall–Kier alpha value is -0.990. The fourth-order valence-electron chi connectivity index (χ4n) is 1.50. The van der Waals surface area contributed by atoms with Gasteiger partial charge in [0, 0.05) is 19.6 Å². The van der Waals surface area contributed by atoms with Gasteiger partial charge in [0.1, 0.15) is 6.33 Å². The number of nitrogens with zero attached hydrogens (tertiary/aromatic N) is 3. The number of nitrogens with one attached hydrogen (secondary N) is 2. The molecule has 7 nitrogen and oxygen atoms in total. The first-order valence-electron chi connectivity index (χ1n) is 6.04. The number of aryl methyl sites for hydroxylation is 1. The van der Waals surface area contributed by atoms with Crippen LogP contribution in [0, 0.1) is 0 Å². The third-order valence-electron chi connectivity index (χ3n) is 2.88. The Labute approximate surface area is 107 Å². The van der Waals surface area contributed by atoms with Crippen molar-refractivity contribution in [2.45, 2.75) is 37.6 Å². The lowest BCUT2D eigenvalue weighted by molar-refractivity contribution is 0.554. The number of rotatable bonds is 7. The van der Waals surface area contributed by atoms with Crippen LogP contribution < -0.4 is 10.0 Å². The van der Waals surface area contributed by atoms with Crippen molar-refractivity contribution in [1.82, 2.24) is 24.8 Å². The van der Waals surface area contributed by atoms with E-state index in [9.17, 15) is 8.42 Å². The maximum atomic E-state index is 11.9. The normalized spacial score (nSPS) is 17.9. The molecule has 8 heteroatoms. The van der Waals surface area contributed by atoms with Gasteiger partial charge in [-0.05, 0) is 19.8 Å². The summed E-state index contributed by atoms with van der Waals surface area (Å²) in [6.45, 7) is 2.32. The van der Waals surface area contributed by atoms with Crippen LogP contribution in [0.25, 0.3) is 0 Å². The second-order valence-electron chi connectivity index (χ2n) is 4.69. The average molecular weight is 273 g/mol. The lowest BCUT2D eigenvalue weighted by atomic mass is 10.4. The Morgan fingerprint density at radius 2 is 2.28 bits per heavy atom. The Bertz CT molecular complexity index is 494. The molecule has 1 aromatic heterocycles. The SMILES string of the molecule is CC(CNC1CC1)S(=O)(=O)NCc1ncn(C)n1. The Morgan fingerprint density at radius 1 is 1.56 bits per heavy atom. The second-order valence-corrected chi connectivity index (χ2v) is 6.88. The molecular formula is C10H19N5O2S. The number of sulfonamides is 1. The molecule has 0 aliphatic heterocycles. The van der Waals surface area contributed by atoms with E-state index in [-0.39, 0.29) is 6.54 Å². The second kappa shape index (κ2) is 5.33. The first kappa shape index (κ1) is 13.4. The van der Waals surface area contributed by atoms with Gasteiger partial charge in [-0.15, -0.1) is 0 Å². The lowest BCUT2D eigenvalue weighted by Gasteiger charge is -2.13. The zero-order chi connectivity index (χ0) is 13.2. The van der Waals surface area contributed by atoms with Gasteiger partial charge in [-0.3, -0.25) is 4.68 Å². The smallest absolute Gasteiger partial charge is 0.215 e. The molecule has 1 fully saturated rings. The van der Waals surface area contributed by atoms with Gasteiger partial charge in [0.2, 0.25) is 10.0 Å². The molecule has 1 aliphatic carbocycles. The van der Waals surface area contributed by atoms with Crippen molar-refractivity contribution in [3.05, 3.63) is 12.2 Å². The summed E-state index contributed by atoms with van der Waals surface area (Å²) in [6, 6.07) is 0.514. The van der Waals surface area contributed by atoms with Crippen LogP contribution in [0.4, 0.5) is 0 Å². The summed E-state index contributed by atoms with van der Waals surface area (Å²) < 4.78 is 27.9. The van der Waals surface area contributed by atoms with Crippen LogP contribution in [0.15, 0.2) is 6.33 Å². The van der Waals surface area contributed by atoms with E-state index in [1.165, 1.54) is 0 Å². The summed E-state index contributed by atoms with van der Waals surface area (Å²) in [5.41, 5.74) is 0. The molecule has 1 aromatic rings. The molecule has 0 bridgehead atoms. The van der Waals surface area contributed by atoms with E-state index in [1.54, 1.807) is 25.0 Å². The highest BCUT2D eigenvalue weighted by Crippen LogP contribution is 2.18. The highest BCUT2D eigenvalue weighted by molar-refractivity contribution is 7.90. The summed E-state index contributed by atoms with van der Waals surface area (Å²) in [4.78, 5) is 3.97. The van der Waals surface area contributed by atoms with E-state index >= 15 is 0 Å². The van der Waals surface area contributed by atoms with Gasteiger partial charge in [-0.1, -0.05) is 0 Å². The number of hydrogen-bond acceptors (Lipinski definition) is 5. The molecule has 2 rings (SSSR count). The highest BCUT2D eigenvalue weighted by atomic mass is 32.2. The molecule has 0 amide bonds. The lowest BCUT2D eigenvalue weighted by Crippen LogP contribution is -2.39. The van der Waals surface area contributed by atoms with Crippen LogP contribution in [-0.2, 0) is 23.6 Å². The van der Waals surface area contributed by atoms with Crippen molar-refractivity contribution in [1.29, 1.82) is 0 Å². The van der Waals surface area contributed by atoms with E-state index in [2.05, 4.69) is 20.1 Å². The Balaban J connectivity index is 1.81. The monoisotopic (exact) mass is 273 g/mol. The van der Waals surface area contributed by atoms with Gasteiger partial charge in [-0.2, -0.15) is 5.10 Å². The van der Waals surface area contributed by atoms with E-state index in [1.807, 2.05) is 0 Å². The van der Waals surface area contributed by atoms with Gasteiger partial charge in [-0.25, -0.2) is 18.1 Å². The van der Waals surface area contributed by atoms with E-state index < -0.39 is 15.3 Å². The fourth-order valence-corrected chi connectivity index (χ4v) is 2.43. The third kappa shape index (κ3) is 3.76. The van der Waals surface area contributed by atoms with Gasteiger partial charge in [0.25, 0.3) is 0 Å². The summed E-state index contributed by atoms with van der Waals surface area (Å²) in [5, 5.41) is 6.77. The average Bonchev–Trinajstić information content (AvgIpc) is 3.06. The highest BCUT2D eigenvalue weighted by Gasteiger charge is 2.25. The molecule has 2 N–H and O–H groups in total. The van der Waals surface area contributed by atoms with Crippen molar-refractivity contribution in [2.75, 3.05) is 6.54 Å². The fraction of sp³-hybridized carbons (Fsp3) is 0.800. The molecular weight excluding hydrogens is 254 g/mol. The number of hydrogen-bond donors (Lipinski definition) is 2. The molecule has 1 heterocycles.